The van der Waals surface area contributed by atoms with Crippen LogP contribution in [-0.2, 0) is 13.5 Å². The fourth-order valence-electron chi connectivity index (χ4n) is 1.60. The van der Waals surface area contributed by atoms with E-state index in [9.17, 15) is 4.79 Å². The van der Waals surface area contributed by atoms with Gasteiger partial charge in [0, 0.05) is 19.6 Å². The van der Waals surface area contributed by atoms with E-state index in [-0.39, 0.29) is 11.9 Å². The molecule has 5 heteroatoms. The molecule has 17 heavy (non-hydrogen) atoms. The zero-order valence-corrected chi connectivity index (χ0v) is 11.0. The van der Waals surface area contributed by atoms with E-state index in [0.717, 1.165) is 12.1 Å². The number of rotatable bonds is 5. The summed E-state index contributed by atoms with van der Waals surface area (Å²) < 4.78 is 1.62. The summed E-state index contributed by atoms with van der Waals surface area (Å²) in [4.78, 5) is 11.8. The molecule has 0 bridgehead atoms. The second-order valence-corrected chi connectivity index (χ2v) is 4.93. The van der Waals surface area contributed by atoms with Gasteiger partial charge in [-0.05, 0) is 25.3 Å². The molecule has 1 amide bonds. The van der Waals surface area contributed by atoms with Crippen LogP contribution < -0.4 is 11.1 Å². The maximum absolute atomic E-state index is 11.8. The van der Waals surface area contributed by atoms with Gasteiger partial charge in [0.25, 0.3) is 5.91 Å². The summed E-state index contributed by atoms with van der Waals surface area (Å²) in [5.74, 6) is 0.414. The van der Waals surface area contributed by atoms with E-state index < -0.39 is 0 Å². The van der Waals surface area contributed by atoms with E-state index in [2.05, 4.69) is 24.3 Å². The Bertz CT molecular complexity index is 382. The predicted molar refractivity (Wildman–Crippen MR) is 67.7 cm³/mol. The van der Waals surface area contributed by atoms with Crippen LogP contribution in [0.15, 0.2) is 6.07 Å². The molecule has 96 valence electrons. The highest BCUT2D eigenvalue weighted by Gasteiger charge is 2.13. The summed E-state index contributed by atoms with van der Waals surface area (Å²) in [5.41, 5.74) is 7.13. The molecule has 0 saturated heterocycles. The molecule has 0 spiro atoms. The minimum absolute atomic E-state index is 0.0395. The van der Waals surface area contributed by atoms with Gasteiger partial charge in [-0.2, -0.15) is 5.10 Å². The van der Waals surface area contributed by atoms with Gasteiger partial charge in [0.2, 0.25) is 0 Å². The quantitative estimate of drug-likeness (QED) is 0.793. The molecule has 0 radical (unpaired) electrons. The Kier molecular flexibility index (Phi) is 4.69. The van der Waals surface area contributed by atoms with Gasteiger partial charge in [0.1, 0.15) is 5.69 Å². The molecule has 0 aliphatic carbocycles. The zero-order chi connectivity index (χ0) is 13.0. The minimum atomic E-state index is -0.118. The SMILES string of the molecule is CC(C)Cc1cc(C(=O)NC[C@H](C)N)n(C)n1. The van der Waals surface area contributed by atoms with Crippen molar-refractivity contribution in [3.8, 4) is 0 Å². The van der Waals surface area contributed by atoms with Gasteiger partial charge < -0.3 is 11.1 Å². The number of carbonyl (C=O) groups excluding carboxylic acids is 1. The lowest BCUT2D eigenvalue weighted by atomic mass is 10.1. The molecule has 1 rings (SSSR count). The first-order valence-electron chi connectivity index (χ1n) is 5.96. The van der Waals surface area contributed by atoms with Crippen LogP contribution in [0.1, 0.15) is 37.0 Å². The van der Waals surface area contributed by atoms with Crippen LogP contribution in [-0.4, -0.2) is 28.3 Å². The maximum Gasteiger partial charge on any atom is 0.269 e. The van der Waals surface area contributed by atoms with Crippen molar-refractivity contribution in [1.82, 2.24) is 15.1 Å². The van der Waals surface area contributed by atoms with Crippen molar-refractivity contribution in [3.05, 3.63) is 17.5 Å². The average Bonchev–Trinajstić information content (AvgIpc) is 2.54. The van der Waals surface area contributed by atoms with Crippen LogP contribution in [0, 0.1) is 5.92 Å². The highest BCUT2D eigenvalue weighted by molar-refractivity contribution is 5.92. The van der Waals surface area contributed by atoms with Crippen molar-refractivity contribution in [2.45, 2.75) is 33.2 Å². The van der Waals surface area contributed by atoms with Gasteiger partial charge in [-0.3, -0.25) is 9.48 Å². The summed E-state index contributed by atoms with van der Waals surface area (Å²) in [6.07, 6.45) is 0.883. The molecule has 5 nitrogen and oxygen atoms in total. The number of carbonyl (C=O) groups is 1. The number of aryl methyl sites for hydroxylation is 1. The summed E-state index contributed by atoms with van der Waals surface area (Å²) in [5, 5.41) is 7.10. The molecule has 0 aliphatic rings. The van der Waals surface area contributed by atoms with Crippen molar-refractivity contribution < 1.29 is 4.79 Å². The van der Waals surface area contributed by atoms with E-state index in [1.807, 2.05) is 13.0 Å². The number of aromatic nitrogens is 2. The third-order valence-corrected chi connectivity index (χ3v) is 2.37. The Hall–Kier alpha value is -1.36. The van der Waals surface area contributed by atoms with Crippen LogP contribution in [0.5, 0.6) is 0 Å². The lowest BCUT2D eigenvalue weighted by molar-refractivity contribution is 0.0942. The van der Waals surface area contributed by atoms with Crippen LogP contribution in [0.3, 0.4) is 0 Å². The van der Waals surface area contributed by atoms with Crippen molar-refractivity contribution in [2.75, 3.05) is 6.54 Å². The van der Waals surface area contributed by atoms with E-state index >= 15 is 0 Å². The van der Waals surface area contributed by atoms with Crippen LogP contribution in [0.25, 0.3) is 0 Å². The third-order valence-electron chi connectivity index (χ3n) is 2.37. The molecule has 1 aromatic heterocycles. The Morgan fingerprint density at radius 1 is 1.53 bits per heavy atom. The molecule has 0 fully saturated rings. The molecule has 1 aromatic rings. The van der Waals surface area contributed by atoms with Gasteiger partial charge in [-0.25, -0.2) is 0 Å². The van der Waals surface area contributed by atoms with Gasteiger partial charge in [0.15, 0.2) is 0 Å². The normalized spacial score (nSPS) is 12.8. The molecule has 0 aromatic carbocycles. The summed E-state index contributed by atoms with van der Waals surface area (Å²) in [6, 6.07) is 1.80. The van der Waals surface area contributed by atoms with E-state index in [4.69, 9.17) is 5.73 Å². The summed E-state index contributed by atoms with van der Waals surface area (Å²) in [6.45, 7) is 6.59. The molecule has 0 unspecified atom stereocenters. The van der Waals surface area contributed by atoms with Crippen molar-refractivity contribution >= 4 is 5.91 Å². The van der Waals surface area contributed by atoms with Crippen LogP contribution >= 0.6 is 0 Å². The zero-order valence-electron chi connectivity index (χ0n) is 11.0. The Balaban J connectivity index is 2.70. The molecule has 0 aliphatic heterocycles. The lowest BCUT2D eigenvalue weighted by Crippen LogP contribution is -2.35. The van der Waals surface area contributed by atoms with E-state index in [1.165, 1.54) is 0 Å². The second-order valence-electron chi connectivity index (χ2n) is 4.93. The first-order chi connectivity index (χ1) is 7.90. The molecular weight excluding hydrogens is 216 g/mol. The first-order valence-corrected chi connectivity index (χ1v) is 5.96. The highest BCUT2D eigenvalue weighted by Crippen LogP contribution is 2.08. The fraction of sp³-hybridized carbons (Fsp3) is 0.667. The van der Waals surface area contributed by atoms with Gasteiger partial charge in [-0.15, -0.1) is 0 Å². The van der Waals surface area contributed by atoms with Crippen LogP contribution in [0.2, 0.25) is 0 Å². The Labute approximate surface area is 102 Å². The summed E-state index contributed by atoms with van der Waals surface area (Å²) >= 11 is 0. The van der Waals surface area contributed by atoms with Crippen molar-refractivity contribution in [2.24, 2.45) is 18.7 Å². The van der Waals surface area contributed by atoms with Gasteiger partial charge >= 0.3 is 0 Å². The standard InChI is InChI=1S/C12H22N4O/c1-8(2)5-10-6-11(16(4)15-10)12(17)14-7-9(3)13/h6,8-9H,5,7,13H2,1-4H3,(H,14,17)/t9-/m0/s1. The molecule has 1 heterocycles. The number of nitrogens with one attached hydrogen (secondary N) is 1. The number of nitrogens with zero attached hydrogens (tertiary/aromatic N) is 2. The molecule has 1 atom stereocenters. The molecule has 3 N–H and O–H groups in total. The van der Waals surface area contributed by atoms with E-state index in [1.54, 1.807) is 11.7 Å². The average molecular weight is 238 g/mol. The third kappa shape index (κ3) is 4.19. The van der Waals surface area contributed by atoms with E-state index in [0.29, 0.717) is 18.2 Å². The topological polar surface area (TPSA) is 72.9 Å². The highest BCUT2D eigenvalue weighted by atomic mass is 16.2. The second kappa shape index (κ2) is 5.82. The van der Waals surface area contributed by atoms with Crippen molar-refractivity contribution in [3.63, 3.8) is 0 Å². The first kappa shape index (κ1) is 13.7. The Morgan fingerprint density at radius 2 is 2.18 bits per heavy atom. The number of nitrogens with two attached hydrogens (primary N) is 1. The number of hydrogen-bond acceptors (Lipinski definition) is 3. The maximum atomic E-state index is 11.8. The minimum Gasteiger partial charge on any atom is -0.349 e. The fourth-order valence-corrected chi connectivity index (χ4v) is 1.60. The molecule has 0 saturated carbocycles. The van der Waals surface area contributed by atoms with Gasteiger partial charge in [0.05, 0.1) is 5.69 Å². The molecular formula is C12H22N4O. The number of hydrogen-bond donors (Lipinski definition) is 2. The Morgan fingerprint density at radius 3 is 2.71 bits per heavy atom. The largest absolute Gasteiger partial charge is 0.349 e. The predicted octanol–water partition coefficient (Wildman–Crippen LogP) is 0.696. The monoisotopic (exact) mass is 238 g/mol. The number of amides is 1. The smallest absolute Gasteiger partial charge is 0.269 e. The van der Waals surface area contributed by atoms with Crippen molar-refractivity contribution in [1.29, 1.82) is 0 Å². The van der Waals surface area contributed by atoms with Gasteiger partial charge in [-0.1, -0.05) is 13.8 Å². The van der Waals surface area contributed by atoms with Crippen LogP contribution in [0.4, 0.5) is 0 Å². The lowest BCUT2D eigenvalue weighted by Gasteiger charge is -2.07. The summed E-state index contributed by atoms with van der Waals surface area (Å²) in [7, 11) is 1.78.